The van der Waals surface area contributed by atoms with Crippen molar-refractivity contribution in [2.45, 2.75) is 6.92 Å². The zero-order valence-electron chi connectivity index (χ0n) is 12.1. The van der Waals surface area contributed by atoms with E-state index in [0.717, 1.165) is 45.0 Å². The average Bonchev–Trinajstić information content (AvgIpc) is 2.98. The molecule has 1 aliphatic heterocycles. The third-order valence-corrected chi connectivity index (χ3v) is 3.77. The first-order chi connectivity index (χ1) is 10.7. The van der Waals surface area contributed by atoms with Crippen LogP contribution in [0.2, 0.25) is 0 Å². The molecule has 0 saturated heterocycles. The highest BCUT2D eigenvalue weighted by Crippen LogP contribution is 2.36. The smallest absolute Gasteiger partial charge is 0.231 e. The maximum absolute atomic E-state index is 6.10. The number of aromatic nitrogens is 1. The van der Waals surface area contributed by atoms with Gasteiger partial charge >= 0.3 is 0 Å². The van der Waals surface area contributed by atoms with E-state index in [1.807, 2.05) is 49.5 Å². The number of pyridine rings is 1. The third kappa shape index (κ3) is 1.98. The van der Waals surface area contributed by atoms with Crippen LogP contribution in [0.15, 0.2) is 42.6 Å². The van der Waals surface area contributed by atoms with Crippen LogP contribution < -0.4 is 20.5 Å². The molecule has 0 fully saturated rings. The second-order valence-corrected chi connectivity index (χ2v) is 5.25. The van der Waals surface area contributed by atoms with Crippen LogP contribution in [-0.2, 0) is 0 Å². The van der Waals surface area contributed by atoms with Gasteiger partial charge in [0.15, 0.2) is 11.5 Å². The Morgan fingerprint density at radius 1 is 1.14 bits per heavy atom. The summed E-state index contributed by atoms with van der Waals surface area (Å²) in [4.78, 5) is 4.50. The van der Waals surface area contributed by atoms with Crippen LogP contribution in [0.3, 0.4) is 0 Å². The standard InChI is InChI=1S/C17H15N3O2/c1-10-8-19-17(12-3-2-4-13(18)16(10)12)20-11-5-6-14-15(7-11)22-9-21-14/h2-8H,9,18H2,1H3,(H,19,20). The number of nitrogens with zero attached hydrogens (tertiary/aromatic N) is 1. The molecular weight excluding hydrogens is 278 g/mol. The first-order valence-electron chi connectivity index (χ1n) is 7.03. The maximum atomic E-state index is 6.10. The summed E-state index contributed by atoms with van der Waals surface area (Å²) in [7, 11) is 0. The number of hydrogen-bond donors (Lipinski definition) is 2. The Balaban J connectivity index is 1.79. The molecule has 0 amide bonds. The van der Waals surface area contributed by atoms with E-state index in [0.29, 0.717) is 0 Å². The molecule has 0 spiro atoms. The molecule has 0 saturated carbocycles. The van der Waals surface area contributed by atoms with Crippen molar-refractivity contribution in [3.63, 3.8) is 0 Å². The number of nitrogen functional groups attached to an aromatic ring is 1. The van der Waals surface area contributed by atoms with Crippen molar-refractivity contribution in [3.8, 4) is 11.5 Å². The van der Waals surface area contributed by atoms with Gasteiger partial charge in [-0.3, -0.25) is 0 Å². The molecule has 1 aromatic heterocycles. The molecule has 5 nitrogen and oxygen atoms in total. The van der Waals surface area contributed by atoms with Gasteiger partial charge in [-0.15, -0.1) is 0 Å². The highest BCUT2D eigenvalue weighted by Gasteiger charge is 2.14. The molecule has 1 aliphatic rings. The number of aryl methyl sites for hydroxylation is 1. The van der Waals surface area contributed by atoms with E-state index in [1.165, 1.54) is 0 Å². The summed E-state index contributed by atoms with van der Waals surface area (Å²) in [5, 5.41) is 5.36. The van der Waals surface area contributed by atoms with E-state index in [9.17, 15) is 0 Å². The van der Waals surface area contributed by atoms with Gasteiger partial charge in [-0.05, 0) is 30.7 Å². The Labute approximate surface area is 127 Å². The lowest BCUT2D eigenvalue weighted by atomic mass is 10.1. The second-order valence-electron chi connectivity index (χ2n) is 5.25. The molecule has 2 aromatic carbocycles. The molecule has 3 aromatic rings. The summed E-state index contributed by atoms with van der Waals surface area (Å²) in [5.41, 5.74) is 8.81. The van der Waals surface area contributed by atoms with Crippen molar-refractivity contribution in [2.75, 3.05) is 17.8 Å². The van der Waals surface area contributed by atoms with Crippen LogP contribution in [-0.4, -0.2) is 11.8 Å². The summed E-state index contributed by atoms with van der Waals surface area (Å²) in [6, 6.07) is 11.6. The third-order valence-electron chi connectivity index (χ3n) is 3.77. The van der Waals surface area contributed by atoms with E-state index in [4.69, 9.17) is 15.2 Å². The van der Waals surface area contributed by atoms with Crippen molar-refractivity contribution in [1.82, 2.24) is 4.98 Å². The van der Waals surface area contributed by atoms with Crippen LogP contribution in [0.4, 0.5) is 17.2 Å². The van der Waals surface area contributed by atoms with Crippen LogP contribution in [0.25, 0.3) is 10.8 Å². The normalized spacial score (nSPS) is 12.6. The summed E-state index contributed by atoms with van der Waals surface area (Å²) >= 11 is 0. The fourth-order valence-corrected chi connectivity index (χ4v) is 2.71. The molecule has 22 heavy (non-hydrogen) atoms. The monoisotopic (exact) mass is 293 g/mol. The molecule has 3 N–H and O–H groups in total. The molecule has 0 bridgehead atoms. The first-order valence-corrected chi connectivity index (χ1v) is 7.03. The lowest BCUT2D eigenvalue weighted by Gasteiger charge is -2.12. The van der Waals surface area contributed by atoms with E-state index in [-0.39, 0.29) is 6.79 Å². The molecule has 110 valence electrons. The minimum absolute atomic E-state index is 0.265. The van der Waals surface area contributed by atoms with Crippen molar-refractivity contribution < 1.29 is 9.47 Å². The van der Waals surface area contributed by atoms with E-state index in [1.54, 1.807) is 0 Å². The van der Waals surface area contributed by atoms with Gasteiger partial charge in [-0.1, -0.05) is 12.1 Å². The molecule has 0 aliphatic carbocycles. The Morgan fingerprint density at radius 3 is 2.91 bits per heavy atom. The molecule has 0 radical (unpaired) electrons. The zero-order chi connectivity index (χ0) is 15.1. The number of fused-ring (bicyclic) bond motifs is 2. The van der Waals surface area contributed by atoms with Crippen molar-refractivity contribution in [3.05, 3.63) is 48.2 Å². The van der Waals surface area contributed by atoms with E-state index in [2.05, 4.69) is 10.3 Å². The van der Waals surface area contributed by atoms with Crippen molar-refractivity contribution >= 4 is 28.0 Å². The number of rotatable bonds is 2. The van der Waals surface area contributed by atoms with Crippen LogP contribution >= 0.6 is 0 Å². The highest BCUT2D eigenvalue weighted by atomic mass is 16.7. The predicted octanol–water partition coefficient (Wildman–Crippen LogP) is 3.60. The summed E-state index contributed by atoms with van der Waals surface area (Å²) < 4.78 is 10.7. The number of anilines is 3. The Bertz CT molecular complexity index is 869. The molecule has 4 rings (SSSR count). The molecule has 0 unspecified atom stereocenters. The largest absolute Gasteiger partial charge is 0.454 e. The van der Waals surface area contributed by atoms with Crippen LogP contribution in [0, 0.1) is 6.92 Å². The topological polar surface area (TPSA) is 69.4 Å². The van der Waals surface area contributed by atoms with Gasteiger partial charge in [-0.25, -0.2) is 4.98 Å². The highest BCUT2D eigenvalue weighted by molar-refractivity contribution is 6.02. The van der Waals surface area contributed by atoms with Crippen molar-refractivity contribution in [2.24, 2.45) is 0 Å². The quantitative estimate of drug-likeness (QED) is 0.706. The first kappa shape index (κ1) is 12.8. The second kappa shape index (κ2) is 4.80. The van der Waals surface area contributed by atoms with E-state index < -0.39 is 0 Å². The fraction of sp³-hybridized carbons (Fsp3) is 0.118. The van der Waals surface area contributed by atoms with Gasteiger partial charge in [0.2, 0.25) is 6.79 Å². The Morgan fingerprint density at radius 2 is 2.00 bits per heavy atom. The maximum Gasteiger partial charge on any atom is 0.231 e. The summed E-state index contributed by atoms with van der Waals surface area (Å²) in [6.07, 6.45) is 1.83. The average molecular weight is 293 g/mol. The minimum Gasteiger partial charge on any atom is -0.454 e. The number of ether oxygens (including phenoxy) is 2. The summed E-state index contributed by atoms with van der Waals surface area (Å²) in [6.45, 7) is 2.27. The SMILES string of the molecule is Cc1cnc(Nc2ccc3c(c2)OCO3)c2cccc(N)c12. The van der Waals surface area contributed by atoms with Crippen LogP contribution in [0.5, 0.6) is 11.5 Å². The lowest BCUT2D eigenvalue weighted by Crippen LogP contribution is -1.98. The van der Waals surface area contributed by atoms with Crippen molar-refractivity contribution in [1.29, 1.82) is 0 Å². The minimum atomic E-state index is 0.265. The number of hydrogen-bond acceptors (Lipinski definition) is 5. The molecular formula is C17H15N3O2. The molecule has 5 heteroatoms. The van der Waals surface area contributed by atoms with Gasteiger partial charge in [0, 0.05) is 34.4 Å². The Kier molecular flexibility index (Phi) is 2.79. The van der Waals surface area contributed by atoms with Gasteiger partial charge in [-0.2, -0.15) is 0 Å². The molecule has 0 atom stereocenters. The fourth-order valence-electron chi connectivity index (χ4n) is 2.71. The zero-order valence-corrected chi connectivity index (χ0v) is 12.1. The predicted molar refractivity (Wildman–Crippen MR) is 86.7 cm³/mol. The number of nitrogens with one attached hydrogen (secondary N) is 1. The molecule has 2 heterocycles. The van der Waals surface area contributed by atoms with Gasteiger partial charge in [0.05, 0.1) is 0 Å². The number of nitrogens with two attached hydrogens (primary N) is 1. The Hall–Kier alpha value is -2.95. The summed E-state index contributed by atoms with van der Waals surface area (Å²) in [5.74, 6) is 2.27. The van der Waals surface area contributed by atoms with Gasteiger partial charge < -0.3 is 20.5 Å². The lowest BCUT2D eigenvalue weighted by molar-refractivity contribution is 0.174. The van der Waals surface area contributed by atoms with Gasteiger partial charge in [0.1, 0.15) is 5.82 Å². The van der Waals surface area contributed by atoms with E-state index >= 15 is 0 Å². The van der Waals surface area contributed by atoms with Gasteiger partial charge in [0.25, 0.3) is 0 Å². The van der Waals surface area contributed by atoms with Crippen LogP contribution in [0.1, 0.15) is 5.56 Å². The number of benzene rings is 2.